The van der Waals surface area contributed by atoms with E-state index in [2.05, 4.69) is 0 Å². The zero-order valence-corrected chi connectivity index (χ0v) is 5.39. The molecule has 0 amide bonds. The topological polar surface area (TPSA) is 52.0 Å². The SMILES string of the molecule is C[13c]1[13cH][13cH][13c](N)[13cH][13c]1N. The molecule has 4 N–H and O–H groups in total. The quantitative estimate of drug-likeness (QED) is 0.515. The molecule has 0 saturated carbocycles. The Morgan fingerprint density at radius 1 is 1.22 bits per heavy atom. The van der Waals surface area contributed by atoms with Crippen molar-refractivity contribution in [2.24, 2.45) is 0 Å². The van der Waals surface area contributed by atoms with Gasteiger partial charge < -0.3 is 11.5 Å². The summed E-state index contributed by atoms with van der Waals surface area (Å²) in [6.07, 6.45) is 0. The molecule has 0 radical (unpaired) electrons. The van der Waals surface area contributed by atoms with Crippen LogP contribution in [0.3, 0.4) is 0 Å². The fourth-order valence-corrected chi connectivity index (χ4v) is 0.659. The number of aryl methyl sites for hydroxylation is 1. The third kappa shape index (κ3) is 1.13. The molecular weight excluding hydrogens is 118 g/mol. The molecule has 0 saturated heterocycles. The number of benzene rings is 1. The predicted octanol–water partition coefficient (Wildman–Crippen LogP) is 1.16. The molecule has 0 bridgehead atoms. The second-order valence-corrected chi connectivity index (χ2v) is 2.12. The molecule has 1 aromatic carbocycles. The standard InChI is InChI=1S/C7H10N2/c1-5-2-3-6(8)4-7(5)9/h2-4H,8-9H2,1H3/i2+1,3+1,4+1,5+1,6+1,7+1. The van der Waals surface area contributed by atoms with Crippen molar-refractivity contribution in [1.29, 1.82) is 0 Å². The van der Waals surface area contributed by atoms with E-state index in [4.69, 9.17) is 11.5 Å². The van der Waals surface area contributed by atoms with Gasteiger partial charge >= 0.3 is 0 Å². The Bertz CT molecular complexity index is 218. The third-order valence-corrected chi connectivity index (χ3v) is 1.30. The lowest BCUT2D eigenvalue weighted by molar-refractivity contribution is 1.47. The second kappa shape index (κ2) is 1.97. The smallest absolute Gasteiger partial charge is 0.0364 e. The lowest BCUT2D eigenvalue weighted by atomic mass is 11.0. The highest BCUT2D eigenvalue weighted by Crippen LogP contribution is 2.13. The summed E-state index contributed by atoms with van der Waals surface area (Å²) in [6.45, 7) is 1.95. The summed E-state index contributed by atoms with van der Waals surface area (Å²) in [4.78, 5) is 0. The van der Waals surface area contributed by atoms with Crippen molar-refractivity contribution in [3.05, 3.63) is 23.8 Å². The molecule has 48 valence electrons. The number of hydrogen-bond donors (Lipinski definition) is 2. The zero-order chi connectivity index (χ0) is 6.85. The Hall–Kier alpha value is -1.18. The zero-order valence-electron chi connectivity index (χ0n) is 5.39. The van der Waals surface area contributed by atoms with Crippen LogP contribution in [0.5, 0.6) is 0 Å². The molecule has 2 nitrogen and oxygen atoms in total. The van der Waals surface area contributed by atoms with E-state index in [0.717, 1.165) is 16.9 Å². The van der Waals surface area contributed by atoms with Gasteiger partial charge in [-0.25, -0.2) is 0 Å². The first kappa shape index (κ1) is 5.95. The summed E-state index contributed by atoms with van der Waals surface area (Å²) < 4.78 is 0. The van der Waals surface area contributed by atoms with Gasteiger partial charge in [0.2, 0.25) is 0 Å². The van der Waals surface area contributed by atoms with E-state index in [1.165, 1.54) is 0 Å². The molecule has 0 aliphatic carbocycles. The van der Waals surface area contributed by atoms with Gasteiger partial charge in [-0.1, -0.05) is 6.07 Å². The van der Waals surface area contributed by atoms with Crippen LogP contribution in [0, 0.1) is 6.92 Å². The minimum absolute atomic E-state index is 0.720. The Morgan fingerprint density at radius 3 is 2.33 bits per heavy atom. The van der Waals surface area contributed by atoms with Gasteiger partial charge in [0.25, 0.3) is 0 Å². The fraction of sp³-hybridized carbons (Fsp3) is 0.143. The first-order chi connectivity index (χ1) is 4.20. The summed E-state index contributed by atoms with van der Waals surface area (Å²) in [5.41, 5.74) is 13.5. The average molecular weight is 128 g/mol. The van der Waals surface area contributed by atoms with Gasteiger partial charge in [-0.3, -0.25) is 0 Å². The summed E-state index contributed by atoms with van der Waals surface area (Å²) in [6, 6.07) is 5.51. The fourth-order valence-electron chi connectivity index (χ4n) is 0.659. The van der Waals surface area contributed by atoms with Crippen LogP contribution in [-0.2, 0) is 0 Å². The molecule has 0 aliphatic rings. The van der Waals surface area contributed by atoms with Crippen LogP contribution in [0.15, 0.2) is 18.2 Å². The molecule has 0 aliphatic heterocycles. The average Bonchev–Trinajstić information content (AvgIpc) is 1.80. The Kier molecular flexibility index (Phi) is 1.30. The van der Waals surface area contributed by atoms with E-state index in [1.807, 2.05) is 19.1 Å². The van der Waals surface area contributed by atoms with Crippen molar-refractivity contribution in [3.63, 3.8) is 0 Å². The van der Waals surface area contributed by atoms with Crippen molar-refractivity contribution in [3.8, 4) is 0 Å². The minimum Gasteiger partial charge on any atom is -0.399 e. The highest BCUT2D eigenvalue weighted by Gasteiger charge is 1.90. The lowest BCUT2D eigenvalue weighted by Crippen LogP contribution is -1.91. The number of hydrogen-bond acceptors (Lipinski definition) is 2. The van der Waals surface area contributed by atoms with Crippen LogP contribution >= 0.6 is 0 Å². The Labute approximate surface area is 54.5 Å². The van der Waals surface area contributed by atoms with Gasteiger partial charge in [0.1, 0.15) is 0 Å². The highest BCUT2D eigenvalue weighted by atomic mass is 15.1. The van der Waals surface area contributed by atoms with Crippen molar-refractivity contribution >= 4 is 11.4 Å². The maximum Gasteiger partial charge on any atom is 0.0364 e. The van der Waals surface area contributed by atoms with Crippen LogP contribution < -0.4 is 11.5 Å². The van der Waals surface area contributed by atoms with E-state index in [0.29, 0.717) is 0 Å². The van der Waals surface area contributed by atoms with E-state index >= 15 is 0 Å². The van der Waals surface area contributed by atoms with Gasteiger partial charge in [-0.2, -0.15) is 0 Å². The molecule has 0 spiro atoms. The summed E-state index contributed by atoms with van der Waals surface area (Å²) in [5, 5.41) is 0. The van der Waals surface area contributed by atoms with Crippen LogP contribution in [0.1, 0.15) is 5.56 Å². The van der Waals surface area contributed by atoms with Gasteiger partial charge in [0.05, 0.1) is 0 Å². The summed E-state index contributed by atoms with van der Waals surface area (Å²) >= 11 is 0. The van der Waals surface area contributed by atoms with Gasteiger partial charge in [0, 0.05) is 11.4 Å². The third-order valence-electron chi connectivity index (χ3n) is 1.30. The highest BCUT2D eigenvalue weighted by molar-refractivity contribution is 5.55. The number of nitrogens with two attached hydrogens (primary N) is 2. The molecule has 0 atom stereocenters. The Balaban J connectivity index is 3.17. The van der Waals surface area contributed by atoms with Crippen LogP contribution in [0.4, 0.5) is 11.4 Å². The molecule has 1 aromatic rings. The molecular formula is C7H10N2. The van der Waals surface area contributed by atoms with Gasteiger partial charge in [-0.05, 0) is 24.6 Å². The van der Waals surface area contributed by atoms with E-state index in [1.54, 1.807) is 6.07 Å². The maximum absolute atomic E-state index is 5.54. The van der Waals surface area contributed by atoms with E-state index < -0.39 is 0 Å². The van der Waals surface area contributed by atoms with Crippen LogP contribution in [0.25, 0.3) is 0 Å². The second-order valence-electron chi connectivity index (χ2n) is 2.12. The van der Waals surface area contributed by atoms with Gasteiger partial charge in [-0.15, -0.1) is 0 Å². The van der Waals surface area contributed by atoms with Crippen molar-refractivity contribution in [2.45, 2.75) is 6.92 Å². The van der Waals surface area contributed by atoms with Crippen molar-refractivity contribution in [1.82, 2.24) is 0 Å². The maximum atomic E-state index is 5.54. The lowest BCUT2D eigenvalue weighted by Gasteiger charge is -1.98. The van der Waals surface area contributed by atoms with E-state index in [9.17, 15) is 0 Å². The predicted molar refractivity (Wildman–Crippen MR) is 40.0 cm³/mol. The number of anilines is 2. The van der Waals surface area contributed by atoms with Crippen molar-refractivity contribution in [2.75, 3.05) is 11.5 Å². The monoisotopic (exact) mass is 128 g/mol. The largest absolute Gasteiger partial charge is 0.399 e. The van der Waals surface area contributed by atoms with Crippen molar-refractivity contribution < 1.29 is 0 Å². The number of nitrogen functional groups attached to an aromatic ring is 2. The number of rotatable bonds is 0. The first-order valence-electron chi connectivity index (χ1n) is 2.82. The minimum atomic E-state index is 0.720. The summed E-state index contributed by atoms with van der Waals surface area (Å²) in [7, 11) is 0. The van der Waals surface area contributed by atoms with Gasteiger partial charge in [0.15, 0.2) is 0 Å². The Morgan fingerprint density at radius 2 is 1.89 bits per heavy atom. The normalized spacial score (nSPS) is 9.44. The molecule has 0 aromatic heterocycles. The molecule has 0 heterocycles. The molecule has 0 unspecified atom stereocenters. The van der Waals surface area contributed by atoms with E-state index in [-0.39, 0.29) is 0 Å². The first-order valence-corrected chi connectivity index (χ1v) is 2.82. The molecule has 2 heteroatoms. The van der Waals surface area contributed by atoms with Crippen LogP contribution in [0.2, 0.25) is 0 Å². The van der Waals surface area contributed by atoms with Crippen LogP contribution in [-0.4, -0.2) is 0 Å². The molecule has 9 heavy (non-hydrogen) atoms. The molecule has 0 fully saturated rings. The summed E-state index contributed by atoms with van der Waals surface area (Å²) in [5.74, 6) is 0. The molecule has 1 rings (SSSR count).